The van der Waals surface area contributed by atoms with Gasteiger partial charge in [-0.15, -0.1) is 12.4 Å². The molecule has 2 unspecified atom stereocenters. The first kappa shape index (κ1) is 19.0. The molecule has 136 valence electrons. The Hall–Kier alpha value is -1.81. The monoisotopic (exact) mass is 388 g/mol. The van der Waals surface area contributed by atoms with E-state index < -0.39 is 0 Å². The van der Waals surface area contributed by atoms with Crippen molar-refractivity contribution < 1.29 is 4.79 Å². The second kappa shape index (κ2) is 7.83. The lowest BCUT2D eigenvalue weighted by atomic mass is 10.0. The van der Waals surface area contributed by atoms with Crippen LogP contribution in [0.15, 0.2) is 66.4 Å². The summed E-state index contributed by atoms with van der Waals surface area (Å²) in [4.78, 5) is 17.6. The number of carbonyl (C=O) groups excluding carboxylic acids is 1. The molecule has 5 heteroatoms. The van der Waals surface area contributed by atoms with E-state index in [0.717, 1.165) is 17.8 Å². The summed E-state index contributed by atoms with van der Waals surface area (Å²) < 4.78 is 0. The number of likely N-dealkylation sites (N-methyl/N-ethyl adjacent to an activating group) is 1. The quantitative estimate of drug-likeness (QED) is 0.724. The number of anilines is 1. The molecule has 4 rings (SSSR count). The maximum Gasteiger partial charge on any atom is 0.262 e. The van der Waals surface area contributed by atoms with Gasteiger partial charge < -0.3 is 0 Å². The van der Waals surface area contributed by atoms with Crippen LogP contribution in [-0.4, -0.2) is 29.9 Å². The Morgan fingerprint density at radius 3 is 2.42 bits per heavy atom. The molecule has 2 atom stereocenters. The van der Waals surface area contributed by atoms with Crippen LogP contribution in [0.4, 0.5) is 5.69 Å². The first-order valence-corrected chi connectivity index (χ1v) is 9.09. The highest BCUT2D eigenvalue weighted by Gasteiger charge is 2.36. The SMILES string of the molecule is CN1C2C=C(N(C(=O)c3ccc(Cl)cc3)c3ccccc3)CC1CC2.Cl. The van der Waals surface area contributed by atoms with Gasteiger partial charge in [0.25, 0.3) is 5.91 Å². The molecule has 0 aromatic heterocycles. The molecular formula is C21H22Cl2N2O. The Labute approximate surface area is 165 Å². The van der Waals surface area contributed by atoms with E-state index in [4.69, 9.17) is 11.6 Å². The van der Waals surface area contributed by atoms with Crippen LogP contribution in [0.2, 0.25) is 5.02 Å². The van der Waals surface area contributed by atoms with E-state index in [2.05, 4.69) is 18.0 Å². The summed E-state index contributed by atoms with van der Waals surface area (Å²) in [5.41, 5.74) is 2.68. The third-order valence-electron chi connectivity index (χ3n) is 5.32. The molecule has 1 fully saturated rings. The van der Waals surface area contributed by atoms with Crippen LogP contribution >= 0.6 is 24.0 Å². The molecule has 26 heavy (non-hydrogen) atoms. The van der Waals surface area contributed by atoms with Gasteiger partial charge in [0, 0.05) is 40.5 Å². The molecule has 0 saturated carbocycles. The average molecular weight is 389 g/mol. The third-order valence-corrected chi connectivity index (χ3v) is 5.57. The number of hydrogen-bond donors (Lipinski definition) is 0. The number of para-hydroxylation sites is 1. The summed E-state index contributed by atoms with van der Waals surface area (Å²) in [5, 5.41) is 0.638. The number of amides is 1. The molecule has 0 spiro atoms. The zero-order valence-corrected chi connectivity index (χ0v) is 16.2. The number of benzene rings is 2. The molecule has 0 radical (unpaired) electrons. The van der Waals surface area contributed by atoms with Crippen molar-refractivity contribution in [3.05, 3.63) is 77.0 Å². The minimum absolute atomic E-state index is 0. The molecule has 2 heterocycles. The fraction of sp³-hybridized carbons (Fsp3) is 0.286. The normalized spacial score (nSPS) is 21.7. The van der Waals surface area contributed by atoms with Crippen LogP contribution in [0.1, 0.15) is 29.6 Å². The summed E-state index contributed by atoms with van der Waals surface area (Å²) >= 11 is 5.98. The van der Waals surface area contributed by atoms with E-state index in [0.29, 0.717) is 22.7 Å². The summed E-state index contributed by atoms with van der Waals surface area (Å²) in [7, 11) is 2.18. The molecule has 1 saturated heterocycles. The van der Waals surface area contributed by atoms with Crippen molar-refractivity contribution in [2.45, 2.75) is 31.3 Å². The van der Waals surface area contributed by atoms with Crippen molar-refractivity contribution in [3.63, 3.8) is 0 Å². The van der Waals surface area contributed by atoms with Gasteiger partial charge in [-0.3, -0.25) is 14.6 Å². The predicted octanol–water partition coefficient (Wildman–Crippen LogP) is 5.16. The molecule has 2 aliphatic heterocycles. The number of fused-ring (bicyclic) bond motifs is 2. The summed E-state index contributed by atoms with van der Waals surface area (Å²) in [6, 6.07) is 18.0. The van der Waals surface area contributed by atoms with E-state index in [1.807, 2.05) is 35.2 Å². The van der Waals surface area contributed by atoms with E-state index in [1.165, 1.54) is 12.8 Å². The average Bonchev–Trinajstić information content (AvgIpc) is 2.84. The lowest BCUT2D eigenvalue weighted by Crippen LogP contribution is -2.40. The van der Waals surface area contributed by atoms with E-state index in [-0.39, 0.29) is 18.3 Å². The number of hydrogen-bond acceptors (Lipinski definition) is 2. The summed E-state index contributed by atoms with van der Waals surface area (Å²) in [6.45, 7) is 0. The summed E-state index contributed by atoms with van der Waals surface area (Å²) in [6.07, 6.45) is 5.53. The van der Waals surface area contributed by atoms with E-state index in [9.17, 15) is 4.79 Å². The maximum atomic E-state index is 13.3. The molecular weight excluding hydrogens is 367 g/mol. The molecule has 2 aromatic rings. The lowest BCUT2D eigenvalue weighted by molar-refractivity contribution is 0.0991. The van der Waals surface area contributed by atoms with Crippen molar-refractivity contribution in [1.82, 2.24) is 4.90 Å². The second-order valence-electron chi connectivity index (χ2n) is 6.81. The Morgan fingerprint density at radius 1 is 1.08 bits per heavy atom. The highest BCUT2D eigenvalue weighted by atomic mass is 35.5. The van der Waals surface area contributed by atoms with Crippen LogP contribution in [0, 0.1) is 0 Å². The van der Waals surface area contributed by atoms with Gasteiger partial charge in [-0.25, -0.2) is 0 Å². The molecule has 1 amide bonds. The van der Waals surface area contributed by atoms with Crippen LogP contribution in [0.25, 0.3) is 0 Å². The van der Waals surface area contributed by atoms with Crippen molar-refractivity contribution in [2.24, 2.45) is 0 Å². The molecule has 2 aliphatic rings. The molecule has 2 aromatic carbocycles. The fourth-order valence-electron chi connectivity index (χ4n) is 3.90. The van der Waals surface area contributed by atoms with Gasteiger partial charge in [-0.2, -0.15) is 0 Å². The largest absolute Gasteiger partial charge is 0.297 e. The predicted molar refractivity (Wildman–Crippen MR) is 109 cm³/mol. The third kappa shape index (κ3) is 3.52. The fourth-order valence-corrected chi connectivity index (χ4v) is 4.02. The van der Waals surface area contributed by atoms with Crippen LogP contribution in [0.3, 0.4) is 0 Å². The van der Waals surface area contributed by atoms with Crippen molar-refractivity contribution >= 4 is 35.6 Å². The second-order valence-corrected chi connectivity index (χ2v) is 7.25. The Bertz CT molecular complexity index is 805. The minimum Gasteiger partial charge on any atom is -0.297 e. The highest BCUT2D eigenvalue weighted by Crippen LogP contribution is 2.36. The van der Waals surface area contributed by atoms with Gasteiger partial charge in [-0.05, 0) is 62.4 Å². The van der Waals surface area contributed by atoms with Crippen LogP contribution < -0.4 is 4.90 Å². The van der Waals surface area contributed by atoms with Gasteiger partial charge in [-0.1, -0.05) is 29.8 Å². The zero-order chi connectivity index (χ0) is 17.4. The van der Waals surface area contributed by atoms with E-state index >= 15 is 0 Å². The highest BCUT2D eigenvalue weighted by molar-refractivity contribution is 6.30. The molecule has 3 nitrogen and oxygen atoms in total. The van der Waals surface area contributed by atoms with Gasteiger partial charge in [0.05, 0.1) is 0 Å². The van der Waals surface area contributed by atoms with Crippen molar-refractivity contribution in [2.75, 3.05) is 11.9 Å². The lowest BCUT2D eigenvalue weighted by Gasteiger charge is -2.35. The standard InChI is InChI=1S/C21H21ClN2O.ClH/c1-23-18-11-12-19(23)14-20(13-18)24(17-5-3-2-4-6-17)21(25)15-7-9-16(22)10-8-15;/h2-10,13,18-19H,11-12,14H2,1H3;1H. The van der Waals surface area contributed by atoms with Gasteiger partial charge >= 0.3 is 0 Å². The first-order chi connectivity index (χ1) is 12.1. The Kier molecular flexibility index (Phi) is 5.71. The van der Waals surface area contributed by atoms with Crippen molar-refractivity contribution in [1.29, 1.82) is 0 Å². The Balaban J connectivity index is 0.00000196. The number of carbonyl (C=O) groups is 1. The first-order valence-electron chi connectivity index (χ1n) is 8.71. The molecule has 0 N–H and O–H groups in total. The summed E-state index contributed by atoms with van der Waals surface area (Å²) in [5.74, 6) is -0.00179. The smallest absolute Gasteiger partial charge is 0.262 e. The van der Waals surface area contributed by atoms with E-state index in [1.54, 1.807) is 24.3 Å². The maximum absolute atomic E-state index is 13.3. The van der Waals surface area contributed by atoms with Crippen LogP contribution in [0.5, 0.6) is 0 Å². The minimum atomic E-state index is -0.00179. The van der Waals surface area contributed by atoms with Gasteiger partial charge in [0.2, 0.25) is 0 Å². The number of nitrogens with zero attached hydrogens (tertiary/aromatic N) is 2. The van der Waals surface area contributed by atoms with Crippen LogP contribution in [-0.2, 0) is 0 Å². The molecule has 2 bridgehead atoms. The van der Waals surface area contributed by atoms with Gasteiger partial charge in [0.1, 0.15) is 0 Å². The topological polar surface area (TPSA) is 23.6 Å². The Morgan fingerprint density at radius 2 is 1.77 bits per heavy atom. The zero-order valence-electron chi connectivity index (χ0n) is 14.6. The number of halogens is 2. The molecule has 0 aliphatic carbocycles. The van der Waals surface area contributed by atoms with Crippen molar-refractivity contribution in [3.8, 4) is 0 Å². The van der Waals surface area contributed by atoms with Gasteiger partial charge in [0.15, 0.2) is 0 Å². The number of rotatable bonds is 3.